The Bertz CT molecular complexity index is 418. The number of hydrogen-bond donors (Lipinski definition) is 2. The van der Waals surface area contributed by atoms with E-state index in [-0.39, 0.29) is 17.6 Å². The summed E-state index contributed by atoms with van der Waals surface area (Å²) in [5.41, 5.74) is 2.98. The fourth-order valence-electron chi connectivity index (χ4n) is 1.51. The van der Waals surface area contributed by atoms with E-state index in [1.54, 1.807) is 0 Å². The number of aliphatic hydroxyl groups excluding tert-OH is 2. The minimum atomic E-state index is -0.759. The molecule has 2 unspecified atom stereocenters. The molecule has 0 heterocycles. The zero-order valence-electron chi connectivity index (χ0n) is 11.0. The highest BCUT2D eigenvalue weighted by molar-refractivity contribution is 8.00. The summed E-state index contributed by atoms with van der Waals surface area (Å²) < 4.78 is 0. The smallest absolute Gasteiger partial charge is 0.175 e. The molecule has 2 atom stereocenters. The van der Waals surface area contributed by atoms with Gasteiger partial charge in [0.2, 0.25) is 0 Å². The maximum Gasteiger partial charge on any atom is 0.175 e. The summed E-state index contributed by atoms with van der Waals surface area (Å²) in [5.74, 6) is 0.432. The van der Waals surface area contributed by atoms with Gasteiger partial charge in [0.15, 0.2) is 5.78 Å². The highest BCUT2D eigenvalue weighted by Crippen LogP contribution is 2.19. The number of benzene rings is 1. The molecule has 0 amide bonds. The quantitative estimate of drug-likeness (QED) is 0.774. The van der Waals surface area contributed by atoms with Crippen molar-refractivity contribution in [2.75, 3.05) is 12.4 Å². The van der Waals surface area contributed by atoms with Gasteiger partial charge in [-0.05, 0) is 38.0 Å². The van der Waals surface area contributed by atoms with Gasteiger partial charge in [-0.25, -0.2) is 0 Å². The first-order chi connectivity index (χ1) is 8.45. The third-order valence-corrected chi connectivity index (χ3v) is 4.20. The Kier molecular flexibility index (Phi) is 5.85. The number of aliphatic hydroxyl groups is 2. The average molecular weight is 268 g/mol. The lowest BCUT2D eigenvalue weighted by Gasteiger charge is -2.13. The number of carbonyl (C=O) groups is 1. The van der Waals surface area contributed by atoms with Crippen molar-refractivity contribution in [2.24, 2.45) is 0 Å². The molecule has 1 aromatic rings. The summed E-state index contributed by atoms with van der Waals surface area (Å²) >= 11 is 1.36. The molecule has 0 aliphatic heterocycles. The molecule has 4 heteroatoms. The highest BCUT2D eigenvalue weighted by atomic mass is 32.2. The van der Waals surface area contributed by atoms with E-state index in [1.807, 2.05) is 39.0 Å². The van der Waals surface area contributed by atoms with Crippen LogP contribution >= 0.6 is 11.8 Å². The molecule has 0 saturated carbocycles. The van der Waals surface area contributed by atoms with E-state index in [1.165, 1.54) is 17.3 Å². The van der Waals surface area contributed by atoms with Crippen molar-refractivity contribution >= 4 is 17.5 Å². The maximum atomic E-state index is 12.1. The van der Waals surface area contributed by atoms with Crippen LogP contribution in [0.3, 0.4) is 0 Å². The summed E-state index contributed by atoms with van der Waals surface area (Å²) in [6.45, 7) is 5.56. The Hall–Kier alpha value is -0.840. The Morgan fingerprint density at radius 3 is 2.56 bits per heavy atom. The fraction of sp³-hybridized carbons (Fsp3) is 0.500. The largest absolute Gasteiger partial charge is 0.394 e. The molecule has 0 saturated heterocycles. The second kappa shape index (κ2) is 6.92. The summed E-state index contributed by atoms with van der Waals surface area (Å²) in [6.07, 6.45) is -0.759. The standard InChI is InChI=1S/C14H20O3S/c1-9-4-5-12(6-10(9)2)14(17)11(3)18-8-13(16)7-15/h4-6,11,13,15-16H,7-8H2,1-3H3. The van der Waals surface area contributed by atoms with Gasteiger partial charge in [0, 0.05) is 11.3 Å². The van der Waals surface area contributed by atoms with E-state index in [2.05, 4.69) is 0 Å². The Morgan fingerprint density at radius 2 is 2.00 bits per heavy atom. The van der Waals surface area contributed by atoms with Crippen LogP contribution in [-0.2, 0) is 0 Å². The fourth-order valence-corrected chi connectivity index (χ4v) is 2.42. The van der Waals surface area contributed by atoms with Gasteiger partial charge in [0.05, 0.1) is 18.0 Å². The zero-order valence-corrected chi connectivity index (χ0v) is 11.8. The Morgan fingerprint density at radius 1 is 1.33 bits per heavy atom. The summed E-state index contributed by atoms with van der Waals surface area (Å²) in [6, 6.07) is 5.68. The molecule has 0 aliphatic rings. The molecule has 18 heavy (non-hydrogen) atoms. The monoisotopic (exact) mass is 268 g/mol. The minimum Gasteiger partial charge on any atom is -0.394 e. The van der Waals surface area contributed by atoms with E-state index >= 15 is 0 Å². The molecule has 1 rings (SSSR count). The van der Waals surface area contributed by atoms with Gasteiger partial charge in [0.25, 0.3) is 0 Å². The van der Waals surface area contributed by atoms with Crippen LogP contribution in [0.4, 0.5) is 0 Å². The van der Waals surface area contributed by atoms with Crippen LogP contribution in [0.5, 0.6) is 0 Å². The highest BCUT2D eigenvalue weighted by Gasteiger charge is 2.17. The molecule has 3 nitrogen and oxygen atoms in total. The summed E-state index contributed by atoms with van der Waals surface area (Å²) in [7, 11) is 0. The van der Waals surface area contributed by atoms with Crippen molar-refractivity contribution in [3.63, 3.8) is 0 Å². The first-order valence-corrected chi connectivity index (χ1v) is 7.02. The molecule has 2 N–H and O–H groups in total. The van der Waals surface area contributed by atoms with Crippen LogP contribution < -0.4 is 0 Å². The van der Waals surface area contributed by atoms with Gasteiger partial charge in [-0.15, -0.1) is 11.8 Å². The van der Waals surface area contributed by atoms with Crippen LogP contribution in [0.25, 0.3) is 0 Å². The van der Waals surface area contributed by atoms with Crippen LogP contribution in [0, 0.1) is 13.8 Å². The lowest BCUT2D eigenvalue weighted by molar-refractivity contribution is 0.0992. The first-order valence-electron chi connectivity index (χ1n) is 5.97. The van der Waals surface area contributed by atoms with Crippen molar-refractivity contribution < 1.29 is 15.0 Å². The third-order valence-electron chi connectivity index (χ3n) is 2.91. The lowest BCUT2D eigenvalue weighted by Crippen LogP contribution is -2.20. The van der Waals surface area contributed by atoms with E-state index in [9.17, 15) is 9.90 Å². The van der Waals surface area contributed by atoms with Crippen molar-refractivity contribution in [1.82, 2.24) is 0 Å². The van der Waals surface area contributed by atoms with Gasteiger partial charge >= 0.3 is 0 Å². The molecular weight excluding hydrogens is 248 g/mol. The maximum absolute atomic E-state index is 12.1. The number of carbonyl (C=O) groups excluding carboxylic acids is 1. The number of thioether (sulfide) groups is 1. The van der Waals surface area contributed by atoms with E-state index in [0.29, 0.717) is 11.3 Å². The van der Waals surface area contributed by atoms with Gasteiger partial charge < -0.3 is 10.2 Å². The van der Waals surface area contributed by atoms with Crippen LogP contribution in [-0.4, -0.2) is 39.7 Å². The lowest BCUT2D eigenvalue weighted by atomic mass is 10.0. The number of ketones is 1. The third kappa shape index (κ3) is 4.12. The second-order valence-corrected chi connectivity index (χ2v) is 5.85. The molecule has 0 spiro atoms. The number of Topliss-reactive ketones (excluding diaryl/α,β-unsaturated/α-hetero) is 1. The molecule has 0 radical (unpaired) electrons. The molecule has 0 fully saturated rings. The van der Waals surface area contributed by atoms with Crippen molar-refractivity contribution in [3.05, 3.63) is 34.9 Å². The average Bonchev–Trinajstić information content (AvgIpc) is 2.37. The molecule has 100 valence electrons. The number of hydrogen-bond acceptors (Lipinski definition) is 4. The number of rotatable bonds is 6. The van der Waals surface area contributed by atoms with E-state index in [4.69, 9.17) is 5.11 Å². The van der Waals surface area contributed by atoms with Crippen LogP contribution in [0.1, 0.15) is 28.4 Å². The molecule has 1 aromatic carbocycles. The summed E-state index contributed by atoms with van der Waals surface area (Å²) in [4.78, 5) is 12.1. The van der Waals surface area contributed by atoms with Gasteiger partial charge in [-0.2, -0.15) is 0 Å². The van der Waals surface area contributed by atoms with Crippen molar-refractivity contribution in [1.29, 1.82) is 0 Å². The van der Waals surface area contributed by atoms with Gasteiger partial charge in [-0.3, -0.25) is 4.79 Å². The molecule has 0 aromatic heterocycles. The SMILES string of the molecule is Cc1ccc(C(=O)C(C)SCC(O)CO)cc1C. The Labute approximate surface area is 112 Å². The zero-order chi connectivity index (χ0) is 13.7. The minimum absolute atomic E-state index is 0.0632. The second-order valence-electron chi connectivity index (χ2n) is 4.48. The topological polar surface area (TPSA) is 57.5 Å². The molecule has 0 bridgehead atoms. The van der Waals surface area contributed by atoms with E-state index < -0.39 is 6.10 Å². The van der Waals surface area contributed by atoms with Crippen LogP contribution in [0.15, 0.2) is 18.2 Å². The predicted molar refractivity (Wildman–Crippen MR) is 75.3 cm³/mol. The predicted octanol–water partition coefficient (Wildman–Crippen LogP) is 1.96. The summed E-state index contributed by atoms with van der Waals surface area (Å²) in [5, 5.41) is 17.8. The van der Waals surface area contributed by atoms with E-state index in [0.717, 1.165) is 5.56 Å². The first kappa shape index (κ1) is 15.2. The molecule has 0 aliphatic carbocycles. The Balaban J connectivity index is 2.65. The molecular formula is C14H20O3S. The van der Waals surface area contributed by atoms with Gasteiger partial charge in [0.1, 0.15) is 0 Å². The normalized spacial score (nSPS) is 14.3. The van der Waals surface area contributed by atoms with Crippen molar-refractivity contribution in [3.8, 4) is 0 Å². The number of aryl methyl sites for hydroxylation is 2. The van der Waals surface area contributed by atoms with Crippen molar-refractivity contribution in [2.45, 2.75) is 32.1 Å². The van der Waals surface area contributed by atoms with Gasteiger partial charge in [-0.1, -0.05) is 12.1 Å². The van der Waals surface area contributed by atoms with Crippen LogP contribution in [0.2, 0.25) is 0 Å².